The zero-order valence-corrected chi connectivity index (χ0v) is 17.2. The standard InChI is InChI=1S/C22H37NO4/c1-4-5-7-10-17(2)20(24)14-12-19-13-15-21(25)23(19)16-9-6-8-11-18(3)22(26)27/h17-20,24H,4,6,8-16H2,1-3H3,(H,26,27)/t17-,18?,19+,20-/m1/s1. The van der Waals surface area contributed by atoms with Gasteiger partial charge in [0.05, 0.1) is 12.0 Å². The number of likely N-dealkylation sites (tertiary alicyclic amines) is 1. The van der Waals surface area contributed by atoms with Gasteiger partial charge in [-0.25, -0.2) is 0 Å². The van der Waals surface area contributed by atoms with Crippen LogP contribution in [0.4, 0.5) is 0 Å². The average molecular weight is 380 g/mol. The van der Waals surface area contributed by atoms with E-state index in [-0.39, 0.29) is 29.9 Å². The van der Waals surface area contributed by atoms with Crippen LogP contribution >= 0.6 is 0 Å². The summed E-state index contributed by atoms with van der Waals surface area (Å²) >= 11 is 0. The Hall–Kier alpha value is -1.54. The summed E-state index contributed by atoms with van der Waals surface area (Å²) < 4.78 is 0. The first-order valence-corrected chi connectivity index (χ1v) is 10.5. The van der Waals surface area contributed by atoms with Crippen molar-refractivity contribution in [2.75, 3.05) is 6.54 Å². The fourth-order valence-corrected chi connectivity index (χ4v) is 3.58. The Kier molecular flexibility index (Phi) is 11.1. The maximum Gasteiger partial charge on any atom is 0.306 e. The Labute approximate surface area is 164 Å². The lowest BCUT2D eigenvalue weighted by Crippen LogP contribution is -2.35. The molecule has 1 heterocycles. The largest absolute Gasteiger partial charge is 0.481 e. The van der Waals surface area contributed by atoms with Crippen molar-refractivity contribution in [3.63, 3.8) is 0 Å². The lowest BCUT2D eigenvalue weighted by molar-refractivity contribution is -0.141. The van der Waals surface area contributed by atoms with E-state index in [1.54, 1.807) is 6.92 Å². The highest BCUT2D eigenvalue weighted by Crippen LogP contribution is 2.25. The van der Waals surface area contributed by atoms with Crippen LogP contribution in [-0.4, -0.2) is 45.7 Å². The molecule has 0 aromatic rings. The molecule has 1 fully saturated rings. The average Bonchev–Trinajstić information content (AvgIpc) is 2.99. The van der Waals surface area contributed by atoms with Crippen LogP contribution in [0.25, 0.3) is 0 Å². The third-order valence-corrected chi connectivity index (χ3v) is 5.59. The summed E-state index contributed by atoms with van der Waals surface area (Å²) in [4.78, 5) is 25.0. The quantitative estimate of drug-likeness (QED) is 0.399. The summed E-state index contributed by atoms with van der Waals surface area (Å²) in [6.07, 6.45) is 7.67. The number of unbranched alkanes of at least 4 members (excludes halogenated alkanes) is 2. The van der Waals surface area contributed by atoms with Gasteiger partial charge in [-0.15, -0.1) is 11.8 Å². The van der Waals surface area contributed by atoms with E-state index in [0.717, 1.165) is 51.5 Å². The molecule has 1 rings (SSSR count). The molecule has 5 nitrogen and oxygen atoms in total. The summed E-state index contributed by atoms with van der Waals surface area (Å²) in [6, 6.07) is 0.235. The van der Waals surface area contributed by atoms with Crippen molar-refractivity contribution in [3.8, 4) is 11.8 Å². The van der Waals surface area contributed by atoms with E-state index in [4.69, 9.17) is 5.11 Å². The highest BCUT2D eigenvalue weighted by atomic mass is 16.4. The van der Waals surface area contributed by atoms with Crippen molar-refractivity contribution in [2.45, 2.75) is 97.1 Å². The summed E-state index contributed by atoms with van der Waals surface area (Å²) in [7, 11) is 0. The number of hydrogen-bond acceptors (Lipinski definition) is 3. The second-order valence-corrected chi connectivity index (χ2v) is 7.90. The van der Waals surface area contributed by atoms with Crippen molar-refractivity contribution in [1.82, 2.24) is 4.90 Å². The minimum absolute atomic E-state index is 0.158. The number of carboxylic acids is 1. The molecule has 0 saturated carbocycles. The fourth-order valence-electron chi connectivity index (χ4n) is 3.58. The molecule has 0 radical (unpaired) electrons. The van der Waals surface area contributed by atoms with Crippen LogP contribution < -0.4 is 0 Å². The fraction of sp³-hybridized carbons (Fsp3) is 0.818. The number of aliphatic carboxylic acids is 1. The summed E-state index contributed by atoms with van der Waals surface area (Å²) in [5.41, 5.74) is 0. The first-order chi connectivity index (χ1) is 12.9. The van der Waals surface area contributed by atoms with Crippen LogP contribution in [-0.2, 0) is 9.59 Å². The first-order valence-electron chi connectivity index (χ1n) is 10.5. The van der Waals surface area contributed by atoms with Crippen molar-refractivity contribution in [2.24, 2.45) is 11.8 Å². The van der Waals surface area contributed by atoms with Crippen LogP contribution in [0.2, 0.25) is 0 Å². The molecule has 0 spiro atoms. The van der Waals surface area contributed by atoms with Crippen LogP contribution in [0.15, 0.2) is 0 Å². The summed E-state index contributed by atoms with van der Waals surface area (Å²) in [6.45, 7) is 6.54. The van der Waals surface area contributed by atoms with Crippen LogP contribution in [0.3, 0.4) is 0 Å². The van der Waals surface area contributed by atoms with Gasteiger partial charge in [0, 0.05) is 31.8 Å². The van der Waals surface area contributed by atoms with E-state index in [2.05, 4.69) is 11.8 Å². The van der Waals surface area contributed by atoms with Crippen molar-refractivity contribution in [1.29, 1.82) is 0 Å². The number of carbonyl (C=O) groups is 2. The van der Waals surface area contributed by atoms with Gasteiger partial charge >= 0.3 is 5.97 Å². The van der Waals surface area contributed by atoms with E-state index in [0.29, 0.717) is 19.3 Å². The predicted molar refractivity (Wildman–Crippen MR) is 107 cm³/mol. The number of hydrogen-bond donors (Lipinski definition) is 2. The lowest BCUT2D eigenvalue weighted by atomic mass is 9.95. The van der Waals surface area contributed by atoms with E-state index in [9.17, 15) is 14.7 Å². The monoisotopic (exact) mass is 379 g/mol. The number of aliphatic hydroxyl groups is 1. The van der Waals surface area contributed by atoms with E-state index in [1.807, 2.05) is 18.7 Å². The predicted octanol–water partition coefficient (Wildman–Crippen LogP) is 3.84. The molecule has 0 aromatic heterocycles. The molecule has 1 aliphatic rings. The Balaban J connectivity index is 2.31. The topological polar surface area (TPSA) is 77.8 Å². The Morgan fingerprint density at radius 3 is 2.63 bits per heavy atom. The van der Waals surface area contributed by atoms with Gasteiger partial charge in [-0.1, -0.05) is 33.6 Å². The van der Waals surface area contributed by atoms with Crippen LogP contribution in [0, 0.1) is 23.7 Å². The second-order valence-electron chi connectivity index (χ2n) is 7.90. The summed E-state index contributed by atoms with van der Waals surface area (Å²) in [5.74, 6) is 5.49. The molecule has 1 saturated heterocycles. The highest BCUT2D eigenvalue weighted by Gasteiger charge is 2.30. The molecule has 4 atom stereocenters. The normalized spacial score (nSPS) is 20.1. The lowest BCUT2D eigenvalue weighted by Gasteiger charge is -2.26. The van der Waals surface area contributed by atoms with E-state index < -0.39 is 5.97 Å². The first kappa shape index (κ1) is 23.5. The molecule has 154 valence electrons. The molecule has 1 unspecified atom stereocenters. The number of aliphatic hydroxyl groups excluding tert-OH is 1. The molecule has 5 heteroatoms. The van der Waals surface area contributed by atoms with Gasteiger partial charge in [-0.2, -0.15) is 0 Å². The minimum Gasteiger partial charge on any atom is -0.481 e. The third kappa shape index (κ3) is 8.79. The molecule has 1 amide bonds. The van der Waals surface area contributed by atoms with Gasteiger partial charge in [-0.05, 0) is 38.0 Å². The van der Waals surface area contributed by atoms with Gasteiger partial charge < -0.3 is 15.1 Å². The van der Waals surface area contributed by atoms with Gasteiger partial charge in [0.2, 0.25) is 5.91 Å². The number of rotatable bonds is 12. The van der Waals surface area contributed by atoms with Gasteiger partial charge in [0.1, 0.15) is 0 Å². The number of nitrogens with zero attached hydrogens (tertiary/aromatic N) is 1. The van der Waals surface area contributed by atoms with E-state index >= 15 is 0 Å². The molecule has 0 bridgehead atoms. The maximum absolute atomic E-state index is 12.2. The second kappa shape index (κ2) is 12.8. The molecular weight excluding hydrogens is 342 g/mol. The van der Waals surface area contributed by atoms with Gasteiger partial charge in [0.25, 0.3) is 0 Å². The number of amides is 1. The molecular formula is C22H37NO4. The van der Waals surface area contributed by atoms with Crippen molar-refractivity contribution < 1.29 is 19.8 Å². The van der Waals surface area contributed by atoms with Crippen LogP contribution in [0.1, 0.15) is 85.0 Å². The minimum atomic E-state index is -0.738. The molecule has 2 N–H and O–H groups in total. The maximum atomic E-state index is 12.2. The van der Waals surface area contributed by atoms with E-state index in [1.165, 1.54) is 0 Å². The Morgan fingerprint density at radius 2 is 1.96 bits per heavy atom. The molecule has 27 heavy (non-hydrogen) atoms. The number of carboxylic acid groups (broad SMARTS) is 1. The van der Waals surface area contributed by atoms with Crippen molar-refractivity contribution in [3.05, 3.63) is 0 Å². The Bertz CT molecular complexity index is 522. The molecule has 0 aliphatic carbocycles. The van der Waals surface area contributed by atoms with Crippen molar-refractivity contribution >= 4 is 11.9 Å². The zero-order chi connectivity index (χ0) is 20.2. The SMILES string of the molecule is CCC#CC[C@@H](C)[C@H](O)CC[C@H]1CCC(=O)N1CCCCCC(C)C(=O)O. The third-order valence-electron chi connectivity index (χ3n) is 5.59. The summed E-state index contributed by atoms with van der Waals surface area (Å²) in [5, 5.41) is 19.3. The van der Waals surface area contributed by atoms with Crippen LogP contribution in [0.5, 0.6) is 0 Å². The zero-order valence-electron chi connectivity index (χ0n) is 17.2. The highest BCUT2D eigenvalue weighted by molar-refractivity contribution is 5.78. The smallest absolute Gasteiger partial charge is 0.306 e. The molecule has 1 aliphatic heterocycles. The number of carbonyl (C=O) groups excluding carboxylic acids is 1. The Morgan fingerprint density at radius 1 is 1.22 bits per heavy atom. The molecule has 0 aromatic carbocycles. The van der Waals surface area contributed by atoms with Gasteiger partial charge in [0.15, 0.2) is 0 Å². The van der Waals surface area contributed by atoms with Gasteiger partial charge in [-0.3, -0.25) is 9.59 Å².